The molecule has 16 heteroatoms. The third-order valence-corrected chi connectivity index (χ3v) is 8.62. The van der Waals surface area contributed by atoms with Gasteiger partial charge in [0.15, 0.2) is 0 Å². The molecule has 0 aliphatic carbocycles. The molecule has 0 atom stereocenters. The second-order valence-corrected chi connectivity index (χ2v) is 12.8. The first-order valence-corrected chi connectivity index (χ1v) is 16.6. The molecule has 1 aromatic carbocycles. The third-order valence-electron chi connectivity index (χ3n) is 4.46. The topological polar surface area (TPSA) is 164 Å². The summed E-state index contributed by atoms with van der Waals surface area (Å²) in [7, 11) is -5.51. The summed E-state index contributed by atoms with van der Waals surface area (Å²) in [4.78, 5) is 23.9. The zero-order valence-corrected chi connectivity index (χ0v) is 24.8. The van der Waals surface area contributed by atoms with Crippen molar-refractivity contribution in [2.45, 2.75) is 51.0 Å². The number of carbonyl (C=O) groups excluding carboxylic acids is 2. The minimum atomic E-state index is -3.90. The minimum Gasteiger partial charge on any atom is -0.464 e. The SMILES string of the molecule is CCCCS(=O)(=O)O/N=C(\SCc1ccc(CS/C(=N\OS(=O)(=O)CCCC)C(=O)OC)cc1)C(=O)OC. The highest BCUT2D eigenvalue weighted by Crippen LogP contribution is 2.20. The Labute approximate surface area is 232 Å². The Bertz CT molecular complexity index is 1090. The number of benzene rings is 1. The van der Waals surface area contributed by atoms with E-state index >= 15 is 0 Å². The van der Waals surface area contributed by atoms with Gasteiger partial charge in [-0.25, -0.2) is 9.59 Å². The maximum absolute atomic E-state index is 12.0. The molecular formula is C22H32N2O10S4. The highest BCUT2D eigenvalue weighted by Gasteiger charge is 2.19. The molecule has 0 aromatic heterocycles. The number of ether oxygens (including phenoxy) is 2. The molecule has 0 amide bonds. The van der Waals surface area contributed by atoms with Crippen LogP contribution in [0.1, 0.15) is 50.7 Å². The molecule has 0 radical (unpaired) electrons. The van der Waals surface area contributed by atoms with E-state index in [1.165, 1.54) is 0 Å². The predicted octanol–water partition coefficient (Wildman–Crippen LogP) is 3.42. The van der Waals surface area contributed by atoms with Crippen LogP contribution in [0.4, 0.5) is 0 Å². The number of unbranched alkanes of at least 4 members (excludes halogenated alkanes) is 2. The van der Waals surface area contributed by atoms with Crippen molar-refractivity contribution in [1.82, 2.24) is 0 Å². The number of hydrogen-bond acceptors (Lipinski definition) is 14. The molecule has 1 aromatic rings. The summed E-state index contributed by atoms with van der Waals surface area (Å²) in [6, 6.07) is 7.04. The van der Waals surface area contributed by atoms with Crippen LogP contribution in [-0.2, 0) is 59.4 Å². The molecule has 1 rings (SSSR count). The van der Waals surface area contributed by atoms with Gasteiger partial charge in [0, 0.05) is 11.5 Å². The molecule has 0 spiro atoms. The number of nitrogens with zero attached hydrogens (tertiary/aromatic N) is 2. The van der Waals surface area contributed by atoms with Gasteiger partial charge >= 0.3 is 32.2 Å². The number of carbonyl (C=O) groups is 2. The van der Waals surface area contributed by atoms with Crippen LogP contribution >= 0.6 is 23.5 Å². The van der Waals surface area contributed by atoms with E-state index < -0.39 is 32.2 Å². The lowest BCUT2D eigenvalue weighted by Gasteiger charge is -2.07. The van der Waals surface area contributed by atoms with E-state index in [9.17, 15) is 26.4 Å². The van der Waals surface area contributed by atoms with Crippen LogP contribution in [0.3, 0.4) is 0 Å². The molecule has 12 nitrogen and oxygen atoms in total. The van der Waals surface area contributed by atoms with Gasteiger partial charge in [-0.05, 0) is 24.0 Å². The Morgan fingerprint density at radius 1 is 0.711 bits per heavy atom. The lowest BCUT2D eigenvalue weighted by Crippen LogP contribution is -2.15. The van der Waals surface area contributed by atoms with Crippen molar-refractivity contribution in [1.29, 1.82) is 0 Å². The molecule has 0 bridgehead atoms. The van der Waals surface area contributed by atoms with E-state index in [1.54, 1.807) is 24.3 Å². The summed E-state index contributed by atoms with van der Waals surface area (Å²) in [6.07, 6.45) is 2.12. The van der Waals surface area contributed by atoms with Crippen molar-refractivity contribution in [2.24, 2.45) is 10.3 Å². The van der Waals surface area contributed by atoms with E-state index in [0.717, 1.165) is 48.9 Å². The fourth-order valence-electron chi connectivity index (χ4n) is 2.35. The Balaban J connectivity index is 2.81. The van der Waals surface area contributed by atoms with E-state index in [1.807, 2.05) is 13.8 Å². The van der Waals surface area contributed by atoms with Crippen molar-refractivity contribution in [2.75, 3.05) is 25.7 Å². The number of methoxy groups -OCH3 is 2. The summed E-state index contributed by atoms with van der Waals surface area (Å²) >= 11 is 1.89. The average molecular weight is 613 g/mol. The normalized spacial score (nSPS) is 12.6. The molecule has 214 valence electrons. The summed E-state index contributed by atoms with van der Waals surface area (Å²) in [5.74, 6) is -1.57. The summed E-state index contributed by atoms with van der Waals surface area (Å²) in [6.45, 7) is 3.67. The largest absolute Gasteiger partial charge is 0.464 e. The first kappa shape index (κ1) is 33.7. The van der Waals surface area contributed by atoms with Crippen LogP contribution in [-0.4, -0.2) is 64.6 Å². The molecule has 0 N–H and O–H groups in total. The predicted molar refractivity (Wildman–Crippen MR) is 147 cm³/mol. The standard InChI is InChI=1S/C22H32N2O10S4/c1-5-7-13-37(27,28)33-23-19(21(25)31-3)35-15-17-9-11-18(12-10-17)16-36-20(22(26)32-4)24-34-38(29,30)14-8-6-2/h9-12H,5-8,13-16H2,1-4H3/b23-19-,24-20-. The van der Waals surface area contributed by atoms with Gasteiger partial charge in [0.1, 0.15) is 0 Å². The first-order chi connectivity index (χ1) is 18.0. The summed E-state index contributed by atoms with van der Waals surface area (Å²) in [5.41, 5.74) is 1.56. The van der Waals surface area contributed by atoms with Gasteiger partial charge in [-0.1, -0.05) is 84.8 Å². The van der Waals surface area contributed by atoms with Crippen molar-refractivity contribution < 1.29 is 44.5 Å². The molecule has 0 heterocycles. The van der Waals surface area contributed by atoms with Crippen LogP contribution in [0.15, 0.2) is 34.6 Å². The first-order valence-electron chi connectivity index (χ1n) is 11.5. The van der Waals surface area contributed by atoms with Crippen LogP contribution in [0.2, 0.25) is 0 Å². The maximum atomic E-state index is 12.0. The fourth-order valence-corrected chi connectivity index (χ4v) is 5.83. The van der Waals surface area contributed by atoms with Crippen LogP contribution in [0.5, 0.6) is 0 Å². The zero-order valence-electron chi connectivity index (χ0n) is 21.6. The molecule has 0 aliphatic heterocycles. The van der Waals surface area contributed by atoms with Crippen molar-refractivity contribution in [3.63, 3.8) is 0 Å². The molecule has 0 fully saturated rings. The molecule has 0 unspecified atom stereocenters. The quantitative estimate of drug-likeness (QED) is 0.130. The van der Waals surface area contributed by atoms with Gasteiger partial charge in [0.05, 0.1) is 25.7 Å². The summed E-state index contributed by atoms with van der Waals surface area (Å²) in [5, 5.41) is 6.46. The Morgan fingerprint density at radius 2 is 1.05 bits per heavy atom. The van der Waals surface area contributed by atoms with Gasteiger partial charge < -0.3 is 9.47 Å². The molecule has 0 saturated heterocycles. The van der Waals surface area contributed by atoms with E-state index in [4.69, 9.17) is 0 Å². The Kier molecular flexibility index (Phi) is 15.4. The second-order valence-electron chi connectivity index (χ2n) is 7.55. The third kappa shape index (κ3) is 13.5. The second kappa shape index (κ2) is 17.3. The van der Waals surface area contributed by atoms with Gasteiger partial charge in [0.2, 0.25) is 10.1 Å². The van der Waals surface area contributed by atoms with Crippen molar-refractivity contribution in [3.05, 3.63) is 35.4 Å². The van der Waals surface area contributed by atoms with E-state index in [2.05, 4.69) is 28.4 Å². The van der Waals surface area contributed by atoms with Crippen LogP contribution in [0.25, 0.3) is 0 Å². The summed E-state index contributed by atoms with van der Waals surface area (Å²) < 4.78 is 65.9. The molecule has 0 saturated carbocycles. The maximum Gasteiger partial charge on any atom is 0.366 e. The lowest BCUT2D eigenvalue weighted by molar-refractivity contribution is -0.133. The highest BCUT2D eigenvalue weighted by molar-refractivity contribution is 8.15. The van der Waals surface area contributed by atoms with E-state index in [-0.39, 0.29) is 33.1 Å². The monoisotopic (exact) mass is 612 g/mol. The molecule has 38 heavy (non-hydrogen) atoms. The van der Waals surface area contributed by atoms with E-state index in [0.29, 0.717) is 25.7 Å². The average Bonchev–Trinajstić information content (AvgIpc) is 2.90. The zero-order chi connectivity index (χ0) is 28.6. The smallest absolute Gasteiger partial charge is 0.366 e. The molecule has 0 aliphatic rings. The van der Waals surface area contributed by atoms with Gasteiger partial charge in [-0.15, -0.1) is 0 Å². The van der Waals surface area contributed by atoms with Gasteiger partial charge in [0.25, 0.3) is 0 Å². The molecular weight excluding hydrogens is 581 g/mol. The fraction of sp³-hybridized carbons (Fsp3) is 0.545. The number of thioether (sulfide) groups is 2. The Hall–Kier alpha value is -2.30. The highest BCUT2D eigenvalue weighted by atomic mass is 32.2. The van der Waals surface area contributed by atoms with Crippen molar-refractivity contribution in [3.8, 4) is 0 Å². The number of oxime groups is 2. The number of rotatable bonds is 14. The van der Waals surface area contributed by atoms with Crippen LogP contribution < -0.4 is 0 Å². The minimum absolute atomic E-state index is 0.214. The lowest BCUT2D eigenvalue weighted by atomic mass is 10.2. The number of esters is 2. The van der Waals surface area contributed by atoms with Gasteiger partial charge in [-0.2, -0.15) is 16.8 Å². The van der Waals surface area contributed by atoms with Crippen LogP contribution in [0, 0.1) is 0 Å². The van der Waals surface area contributed by atoms with Crippen molar-refractivity contribution >= 4 is 65.8 Å². The number of hydrogen-bond donors (Lipinski definition) is 0. The van der Waals surface area contributed by atoms with Gasteiger partial charge in [-0.3, -0.25) is 8.57 Å². The Morgan fingerprint density at radius 3 is 1.34 bits per heavy atom.